The van der Waals surface area contributed by atoms with Gasteiger partial charge in [0.25, 0.3) is 17.9 Å². The molecule has 2 aromatic rings. The number of likely N-dealkylation sites (N-methyl/N-ethyl adjacent to an activating group) is 1. The summed E-state index contributed by atoms with van der Waals surface area (Å²) >= 11 is 0. The predicted octanol–water partition coefficient (Wildman–Crippen LogP) is -0.955. The van der Waals surface area contributed by atoms with Crippen molar-refractivity contribution in [3.05, 3.63) is 46.9 Å². The molecule has 0 spiro atoms. The highest BCUT2D eigenvalue weighted by Crippen LogP contribution is 2.29. The Morgan fingerprint density at radius 3 is 2.78 bits per heavy atom. The molecule has 27 heavy (non-hydrogen) atoms. The topological polar surface area (TPSA) is 150 Å². The van der Waals surface area contributed by atoms with Crippen LogP contribution in [0, 0.1) is 0 Å². The average Bonchev–Trinajstić information content (AvgIpc) is 3.23. The van der Waals surface area contributed by atoms with Crippen molar-refractivity contribution in [2.45, 2.75) is 18.4 Å². The number of amides is 2. The Balaban J connectivity index is 0.000000817. The van der Waals surface area contributed by atoms with E-state index in [0.29, 0.717) is 19.4 Å². The molecule has 0 saturated carbocycles. The maximum absolute atomic E-state index is 12.7. The molecular formula is C16H20N6O5. The first-order chi connectivity index (χ1) is 13.0. The van der Waals surface area contributed by atoms with Crippen LogP contribution < -0.4 is 10.9 Å². The van der Waals surface area contributed by atoms with Crippen molar-refractivity contribution in [1.29, 1.82) is 0 Å². The summed E-state index contributed by atoms with van der Waals surface area (Å²) in [6.45, 7) is 0.412. The van der Waals surface area contributed by atoms with Gasteiger partial charge in [0.15, 0.2) is 5.54 Å². The molecule has 0 aliphatic carbocycles. The molecular weight excluding hydrogens is 356 g/mol. The number of hydrogen-bond donors (Lipinski definition) is 3. The molecule has 1 aliphatic rings. The Kier molecular flexibility index (Phi) is 6.41. The Morgan fingerprint density at radius 1 is 1.44 bits per heavy atom. The standard InChI is InChI=1S/C15H18N6O3.CH2O2/c1-16-14(24)15(21-7-3-5-19-21)4-2-6-20(9-15)13(23)11-8-12(22)18-10-17-11;2-1-3/h3,5,7-8,10H,2,4,6,9H2,1H3,(H,16,24)(H,17,18,22);1H,(H,2,3). The number of aromatic nitrogens is 4. The largest absolute Gasteiger partial charge is 0.483 e. The molecule has 144 valence electrons. The van der Waals surface area contributed by atoms with Crippen molar-refractivity contribution >= 4 is 18.3 Å². The summed E-state index contributed by atoms with van der Waals surface area (Å²) in [6, 6.07) is 2.90. The molecule has 1 unspecified atom stereocenters. The van der Waals surface area contributed by atoms with Gasteiger partial charge in [-0.1, -0.05) is 0 Å². The number of aromatic amines is 1. The second-order valence-corrected chi connectivity index (χ2v) is 5.79. The molecule has 0 aromatic carbocycles. The van der Waals surface area contributed by atoms with Crippen molar-refractivity contribution in [2.75, 3.05) is 20.1 Å². The zero-order valence-electron chi connectivity index (χ0n) is 14.7. The lowest BCUT2D eigenvalue weighted by atomic mass is 9.87. The second-order valence-electron chi connectivity index (χ2n) is 5.79. The molecule has 0 radical (unpaired) electrons. The zero-order valence-corrected chi connectivity index (χ0v) is 14.7. The highest BCUT2D eigenvalue weighted by Gasteiger charge is 2.45. The van der Waals surface area contributed by atoms with E-state index in [1.54, 1.807) is 35.1 Å². The van der Waals surface area contributed by atoms with Crippen LogP contribution in [0.3, 0.4) is 0 Å². The number of carboxylic acid groups (broad SMARTS) is 1. The Morgan fingerprint density at radius 2 is 2.19 bits per heavy atom. The maximum atomic E-state index is 12.7. The second kappa shape index (κ2) is 8.74. The number of nitrogens with zero attached hydrogens (tertiary/aromatic N) is 4. The molecule has 3 rings (SSSR count). The molecule has 3 N–H and O–H groups in total. The van der Waals surface area contributed by atoms with E-state index in [1.165, 1.54) is 6.33 Å². The summed E-state index contributed by atoms with van der Waals surface area (Å²) in [5.41, 5.74) is -1.30. The number of carbonyl (C=O) groups is 3. The average molecular weight is 376 g/mol. The Bertz CT molecular complexity index is 849. The number of likely N-dealkylation sites (tertiary alicyclic amines) is 1. The maximum Gasteiger partial charge on any atom is 0.290 e. The van der Waals surface area contributed by atoms with E-state index in [4.69, 9.17) is 9.90 Å². The van der Waals surface area contributed by atoms with E-state index < -0.39 is 11.1 Å². The molecule has 2 amide bonds. The van der Waals surface area contributed by atoms with E-state index >= 15 is 0 Å². The normalized spacial score (nSPS) is 18.8. The van der Waals surface area contributed by atoms with Gasteiger partial charge < -0.3 is 20.3 Å². The van der Waals surface area contributed by atoms with Crippen molar-refractivity contribution in [2.24, 2.45) is 0 Å². The van der Waals surface area contributed by atoms with E-state index in [0.717, 1.165) is 6.07 Å². The van der Waals surface area contributed by atoms with E-state index in [1.807, 2.05) is 0 Å². The van der Waals surface area contributed by atoms with Gasteiger partial charge in [-0.15, -0.1) is 0 Å². The van der Waals surface area contributed by atoms with Gasteiger partial charge in [0.1, 0.15) is 5.69 Å². The third-order valence-electron chi connectivity index (χ3n) is 4.25. The van der Waals surface area contributed by atoms with Crippen molar-refractivity contribution < 1.29 is 19.5 Å². The fourth-order valence-corrected chi connectivity index (χ4v) is 3.09. The highest BCUT2D eigenvalue weighted by molar-refractivity contribution is 5.93. The van der Waals surface area contributed by atoms with Crippen LogP contribution in [0.2, 0.25) is 0 Å². The van der Waals surface area contributed by atoms with Crippen LogP contribution in [-0.2, 0) is 15.1 Å². The van der Waals surface area contributed by atoms with Gasteiger partial charge in [-0.25, -0.2) is 4.98 Å². The number of H-pyrrole nitrogens is 1. The van der Waals surface area contributed by atoms with Crippen LogP contribution in [0.5, 0.6) is 0 Å². The smallest absolute Gasteiger partial charge is 0.290 e. The van der Waals surface area contributed by atoms with Gasteiger partial charge in [-0.05, 0) is 18.9 Å². The van der Waals surface area contributed by atoms with Crippen LogP contribution in [0.25, 0.3) is 0 Å². The number of rotatable bonds is 3. The van der Waals surface area contributed by atoms with Gasteiger partial charge >= 0.3 is 0 Å². The number of nitrogens with one attached hydrogen (secondary N) is 2. The van der Waals surface area contributed by atoms with Crippen molar-refractivity contribution in [3.8, 4) is 0 Å². The molecule has 11 nitrogen and oxygen atoms in total. The summed E-state index contributed by atoms with van der Waals surface area (Å²) in [4.78, 5) is 52.8. The van der Waals surface area contributed by atoms with Gasteiger partial charge in [-0.3, -0.25) is 23.9 Å². The molecule has 1 fully saturated rings. The summed E-state index contributed by atoms with van der Waals surface area (Å²) < 4.78 is 1.59. The Hall–Kier alpha value is -3.50. The fourth-order valence-electron chi connectivity index (χ4n) is 3.09. The summed E-state index contributed by atoms with van der Waals surface area (Å²) in [5, 5.41) is 13.8. The first-order valence-corrected chi connectivity index (χ1v) is 8.12. The van der Waals surface area contributed by atoms with Gasteiger partial charge in [0, 0.05) is 32.1 Å². The van der Waals surface area contributed by atoms with Crippen molar-refractivity contribution in [3.63, 3.8) is 0 Å². The number of hydrogen-bond acceptors (Lipinski definition) is 6. The van der Waals surface area contributed by atoms with Crippen LogP contribution in [0.15, 0.2) is 35.6 Å². The summed E-state index contributed by atoms with van der Waals surface area (Å²) in [6.07, 6.45) is 5.72. The SMILES string of the molecule is CNC(=O)C1(n2cccn2)CCCN(C(=O)c2cc(=O)[nH]cn2)C1.O=CO. The predicted molar refractivity (Wildman–Crippen MR) is 93.0 cm³/mol. The highest BCUT2D eigenvalue weighted by atomic mass is 16.3. The molecule has 1 saturated heterocycles. The van der Waals surface area contributed by atoms with E-state index in [-0.39, 0.29) is 30.5 Å². The minimum Gasteiger partial charge on any atom is -0.483 e. The molecule has 3 heterocycles. The first kappa shape index (κ1) is 19.8. The minimum atomic E-state index is -0.965. The van der Waals surface area contributed by atoms with Crippen LogP contribution in [0.1, 0.15) is 23.3 Å². The summed E-state index contributed by atoms with van der Waals surface area (Å²) in [7, 11) is 1.56. The van der Waals surface area contributed by atoms with E-state index in [2.05, 4.69) is 20.4 Å². The number of piperidine rings is 1. The lowest BCUT2D eigenvalue weighted by Crippen LogP contribution is -2.59. The lowest BCUT2D eigenvalue weighted by Gasteiger charge is -2.41. The van der Waals surface area contributed by atoms with E-state index in [9.17, 15) is 14.4 Å². The molecule has 11 heteroatoms. The van der Waals surface area contributed by atoms with Crippen molar-refractivity contribution in [1.82, 2.24) is 30.0 Å². The van der Waals surface area contributed by atoms with Gasteiger partial charge in [0.2, 0.25) is 5.91 Å². The third-order valence-corrected chi connectivity index (χ3v) is 4.25. The number of carbonyl (C=O) groups excluding carboxylic acids is 2. The first-order valence-electron chi connectivity index (χ1n) is 8.12. The van der Waals surface area contributed by atoms with Crippen LogP contribution >= 0.6 is 0 Å². The molecule has 2 aromatic heterocycles. The minimum absolute atomic E-state index is 0.0620. The zero-order chi connectivity index (χ0) is 19.9. The lowest BCUT2D eigenvalue weighted by molar-refractivity contribution is -0.132. The quantitative estimate of drug-likeness (QED) is 0.584. The van der Waals surface area contributed by atoms with Crippen LogP contribution in [-0.4, -0.2) is 68.2 Å². The molecule has 1 aliphatic heterocycles. The van der Waals surface area contributed by atoms with Gasteiger partial charge in [0.05, 0.1) is 12.9 Å². The monoisotopic (exact) mass is 376 g/mol. The Labute approximate surface area is 154 Å². The molecule has 1 atom stereocenters. The molecule has 0 bridgehead atoms. The summed E-state index contributed by atoms with van der Waals surface area (Å²) in [5.74, 6) is -0.580. The van der Waals surface area contributed by atoms with Gasteiger partial charge in [-0.2, -0.15) is 5.10 Å². The third kappa shape index (κ3) is 4.19. The van der Waals surface area contributed by atoms with Crippen LogP contribution in [0.4, 0.5) is 0 Å². The fraction of sp³-hybridized carbons (Fsp3) is 0.375.